The van der Waals surface area contributed by atoms with Gasteiger partial charge in [-0.3, -0.25) is 9.59 Å². The number of anilines is 2. The number of carbonyl (C=O) groups excluding carboxylic acids is 2. The summed E-state index contributed by atoms with van der Waals surface area (Å²) in [4.78, 5) is 26.4. The van der Waals surface area contributed by atoms with Gasteiger partial charge in [0, 0.05) is 68.1 Å². The lowest BCUT2D eigenvalue weighted by Crippen LogP contribution is -2.20. The Morgan fingerprint density at radius 1 is 0.625 bits per heavy atom. The first kappa shape index (κ1) is 24.2. The molecule has 1 aliphatic rings. The lowest BCUT2D eigenvalue weighted by atomic mass is 10.1. The van der Waals surface area contributed by atoms with Crippen LogP contribution < -0.4 is 10.6 Å². The highest BCUT2D eigenvalue weighted by atomic mass is 16.2. The van der Waals surface area contributed by atoms with Crippen molar-refractivity contribution in [2.75, 3.05) is 10.6 Å². The topological polar surface area (TPSA) is 68.1 Å². The van der Waals surface area contributed by atoms with Gasteiger partial charge in [0.05, 0.1) is 11.8 Å². The summed E-state index contributed by atoms with van der Waals surface area (Å²) >= 11 is 0. The van der Waals surface area contributed by atoms with Crippen LogP contribution in [0.1, 0.15) is 13.8 Å². The number of para-hydroxylation sites is 2. The van der Waals surface area contributed by atoms with Crippen LogP contribution in [0.4, 0.5) is 11.4 Å². The Labute approximate surface area is 231 Å². The van der Waals surface area contributed by atoms with Crippen molar-refractivity contribution < 1.29 is 9.59 Å². The Morgan fingerprint density at radius 3 is 1.45 bits per heavy atom. The maximum atomic E-state index is 13.2. The number of nitrogens with one attached hydrogen (secondary N) is 2. The monoisotopic (exact) mass is 526 g/mol. The van der Waals surface area contributed by atoms with E-state index in [1.54, 1.807) is 0 Å². The van der Waals surface area contributed by atoms with Crippen molar-refractivity contribution in [3.8, 4) is 0 Å². The molecule has 1 saturated carbocycles. The highest BCUT2D eigenvalue weighted by Crippen LogP contribution is 2.46. The third-order valence-corrected chi connectivity index (χ3v) is 8.30. The highest BCUT2D eigenvalue weighted by molar-refractivity contribution is 6.13. The number of carbonyl (C=O) groups is 2. The molecule has 2 amide bonds. The first-order valence-corrected chi connectivity index (χ1v) is 13.8. The van der Waals surface area contributed by atoms with Crippen molar-refractivity contribution in [2.45, 2.75) is 26.9 Å². The summed E-state index contributed by atoms with van der Waals surface area (Å²) in [5, 5.41) is 10.6. The fourth-order valence-corrected chi connectivity index (χ4v) is 6.34. The van der Waals surface area contributed by atoms with E-state index in [2.05, 4.69) is 64.5 Å². The van der Waals surface area contributed by atoms with Crippen molar-refractivity contribution >= 4 is 66.8 Å². The lowest BCUT2D eigenvalue weighted by Gasteiger charge is -2.08. The standard InChI is InChI=1S/C34H30N4O2/c1-4-37-27-12-8-6-10-23(27)25-18-21(14-16-29(25)37)35-33(39)31-20(3)32(31)34(40)36-22-15-17-30-26(19-22)24-11-7-9-13-28(24)38(30)5-2/h6-19,31-32H,3-5H2,1-2H3,(H,35,39)(H,36,40)/t31-,32-/m1/s1. The number of nitrogens with zero attached hydrogens (tertiary/aromatic N) is 2. The average Bonchev–Trinajstić information content (AvgIpc) is 3.41. The fourth-order valence-electron chi connectivity index (χ4n) is 6.34. The van der Waals surface area contributed by atoms with Crippen LogP contribution in [0.5, 0.6) is 0 Å². The van der Waals surface area contributed by atoms with E-state index in [9.17, 15) is 9.59 Å². The lowest BCUT2D eigenvalue weighted by molar-refractivity contribution is -0.122. The fraction of sp³-hybridized carbons (Fsp3) is 0.176. The van der Waals surface area contributed by atoms with Crippen LogP contribution in [0.15, 0.2) is 97.1 Å². The van der Waals surface area contributed by atoms with Gasteiger partial charge in [-0.05, 0) is 62.4 Å². The van der Waals surface area contributed by atoms with Crippen LogP contribution in [0.2, 0.25) is 0 Å². The number of hydrogen-bond donors (Lipinski definition) is 2. The van der Waals surface area contributed by atoms with Crippen LogP contribution in [0.25, 0.3) is 43.6 Å². The third-order valence-electron chi connectivity index (χ3n) is 8.30. The molecule has 2 heterocycles. The van der Waals surface area contributed by atoms with E-state index in [4.69, 9.17) is 0 Å². The van der Waals surface area contributed by atoms with Crippen molar-refractivity contribution in [2.24, 2.45) is 11.8 Å². The van der Waals surface area contributed by atoms with Gasteiger partial charge >= 0.3 is 0 Å². The zero-order chi connectivity index (χ0) is 27.5. The van der Waals surface area contributed by atoms with E-state index in [0.29, 0.717) is 16.9 Å². The van der Waals surface area contributed by atoms with Gasteiger partial charge < -0.3 is 19.8 Å². The molecule has 2 atom stereocenters. The molecule has 1 fully saturated rings. The van der Waals surface area contributed by atoms with Crippen LogP contribution in [-0.4, -0.2) is 20.9 Å². The highest BCUT2D eigenvalue weighted by Gasteiger charge is 2.52. The van der Waals surface area contributed by atoms with Crippen molar-refractivity contribution in [3.63, 3.8) is 0 Å². The smallest absolute Gasteiger partial charge is 0.232 e. The van der Waals surface area contributed by atoms with E-state index in [1.165, 1.54) is 11.0 Å². The summed E-state index contributed by atoms with van der Waals surface area (Å²) in [6.07, 6.45) is 0. The molecule has 6 nitrogen and oxygen atoms in total. The second kappa shape index (κ2) is 9.12. The maximum absolute atomic E-state index is 13.2. The van der Waals surface area contributed by atoms with E-state index in [1.807, 2.05) is 60.7 Å². The third kappa shape index (κ3) is 3.63. The minimum absolute atomic E-state index is 0.204. The van der Waals surface area contributed by atoms with Gasteiger partial charge in [0.25, 0.3) is 0 Å². The largest absolute Gasteiger partial charge is 0.341 e. The Bertz CT molecular complexity index is 1870. The molecule has 0 saturated heterocycles. The molecular formula is C34H30N4O2. The number of hydrogen-bond acceptors (Lipinski definition) is 2. The van der Waals surface area contributed by atoms with E-state index in [-0.39, 0.29) is 11.8 Å². The molecule has 6 heteroatoms. The first-order valence-electron chi connectivity index (χ1n) is 13.8. The maximum Gasteiger partial charge on any atom is 0.232 e. The number of amides is 2. The molecule has 0 aliphatic heterocycles. The van der Waals surface area contributed by atoms with Gasteiger partial charge in [0.2, 0.25) is 11.8 Å². The Hall–Kier alpha value is -4.84. The Morgan fingerprint density at radius 2 is 1.02 bits per heavy atom. The zero-order valence-corrected chi connectivity index (χ0v) is 22.6. The van der Waals surface area contributed by atoms with E-state index >= 15 is 0 Å². The Kier molecular flexibility index (Phi) is 5.52. The first-order chi connectivity index (χ1) is 19.5. The normalized spacial score (nSPS) is 16.7. The molecule has 6 aromatic rings. The van der Waals surface area contributed by atoms with Gasteiger partial charge in [-0.2, -0.15) is 0 Å². The van der Waals surface area contributed by atoms with Gasteiger partial charge in [-0.25, -0.2) is 0 Å². The summed E-state index contributed by atoms with van der Waals surface area (Å²) in [5.41, 5.74) is 6.69. The number of fused-ring (bicyclic) bond motifs is 6. The summed E-state index contributed by atoms with van der Waals surface area (Å²) in [6.45, 7) is 10.0. The summed E-state index contributed by atoms with van der Waals surface area (Å²) < 4.78 is 4.55. The molecule has 40 heavy (non-hydrogen) atoms. The van der Waals surface area contributed by atoms with Crippen LogP contribution >= 0.6 is 0 Å². The average molecular weight is 527 g/mol. The van der Waals surface area contributed by atoms with Crippen molar-refractivity contribution in [3.05, 3.63) is 97.1 Å². The molecule has 198 valence electrons. The van der Waals surface area contributed by atoms with Crippen LogP contribution in [-0.2, 0) is 22.7 Å². The van der Waals surface area contributed by atoms with Crippen molar-refractivity contribution in [1.29, 1.82) is 0 Å². The number of aromatic nitrogens is 2. The second-order valence-electron chi connectivity index (χ2n) is 10.5. The summed E-state index contributed by atoms with van der Waals surface area (Å²) in [7, 11) is 0. The quantitative estimate of drug-likeness (QED) is 0.223. The molecule has 7 rings (SSSR count). The molecule has 0 radical (unpaired) electrons. The van der Waals surface area contributed by atoms with Gasteiger partial charge in [0.15, 0.2) is 0 Å². The second-order valence-corrected chi connectivity index (χ2v) is 10.5. The molecular weight excluding hydrogens is 496 g/mol. The molecule has 0 unspecified atom stereocenters. The zero-order valence-electron chi connectivity index (χ0n) is 22.6. The molecule has 4 aromatic carbocycles. The molecule has 0 spiro atoms. The summed E-state index contributed by atoms with van der Waals surface area (Å²) in [6, 6.07) is 28.6. The van der Waals surface area contributed by atoms with Gasteiger partial charge in [-0.1, -0.05) is 48.6 Å². The predicted molar refractivity (Wildman–Crippen MR) is 164 cm³/mol. The van der Waals surface area contributed by atoms with Gasteiger partial charge in [-0.15, -0.1) is 0 Å². The SMILES string of the molecule is C=C1[C@@H](C(=O)Nc2ccc3c(c2)c2ccccc2n3CC)[C@@H]1C(=O)Nc1ccc2c(c1)c1ccccc1n2CC. The Balaban J connectivity index is 1.10. The van der Waals surface area contributed by atoms with Crippen LogP contribution in [0, 0.1) is 11.8 Å². The van der Waals surface area contributed by atoms with Crippen LogP contribution in [0.3, 0.4) is 0 Å². The summed E-state index contributed by atoms with van der Waals surface area (Å²) in [5.74, 6) is -1.49. The van der Waals surface area contributed by atoms with Gasteiger partial charge in [0.1, 0.15) is 0 Å². The molecule has 1 aliphatic carbocycles. The predicted octanol–water partition coefficient (Wildman–Crippen LogP) is 7.32. The number of benzene rings is 4. The number of aryl methyl sites for hydroxylation is 2. The minimum atomic E-state index is -0.543. The van der Waals surface area contributed by atoms with E-state index < -0.39 is 11.8 Å². The minimum Gasteiger partial charge on any atom is -0.341 e. The molecule has 2 aromatic heterocycles. The molecule has 0 bridgehead atoms. The molecule has 2 N–H and O–H groups in total. The number of rotatable bonds is 6. The van der Waals surface area contributed by atoms with E-state index in [0.717, 1.165) is 45.7 Å². The van der Waals surface area contributed by atoms with Crippen molar-refractivity contribution in [1.82, 2.24) is 9.13 Å².